The minimum atomic E-state index is -1.50. The molecule has 0 aliphatic carbocycles. The Morgan fingerprint density at radius 1 is 0.929 bits per heavy atom. The average molecular weight is 402 g/mol. The number of nitrogens with two attached hydrogens (primary N) is 1. The maximum absolute atomic E-state index is 12.7. The molecule has 7 N–H and O–H groups in total. The van der Waals surface area contributed by atoms with Crippen molar-refractivity contribution in [2.75, 3.05) is 6.54 Å². The molecule has 0 saturated heterocycles. The van der Waals surface area contributed by atoms with Gasteiger partial charge < -0.3 is 31.9 Å². The average Bonchev–Trinajstić information content (AvgIpc) is 2.61. The molecule has 28 heavy (non-hydrogen) atoms. The van der Waals surface area contributed by atoms with Gasteiger partial charge >= 0.3 is 5.97 Å². The third-order valence-corrected chi connectivity index (χ3v) is 4.38. The highest BCUT2D eigenvalue weighted by Crippen LogP contribution is 2.11. The first-order chi connectivity index (χ1) is 12.9. The van der Waals surface area contributed by atoms with Crippen LogP contribution in [0.15, 0.2) is 0 Å². The molecule has 0 fully saturated rings. The lowest BCUT2D eigenvalue weighted by atomic mass is 9.96. The lowest BCUT2D eigenvalue weighted by molar-refractivity contribution is -0.145. The van der Waals surface area contributed by atoms with Gasteiger partial charge in [0.2, 0.25) is 17.7 Å². The maximum Gasteiger partial charge on any atom is 0.328 e. The summed E-state index contributed by atoms with van der Waals surface area (Å²) in [6.07, 6.45) is -0.431. The van der Waals surface area contributed by atoms with Gasteiger partial charge in [-0.3, -0.25) is 14.4 Å². The van der Waals surface area contributed by atoms with Gasteiger partial charge in [0, 0.05) is 0 Å². The summed E-state index contributed by atoms with van der Waals surface area (Å²) in [4.78, 5) is 48.2. The van der Waals surface area contributed by atoms with E-state index in [0.29, 0.717) is 12.8 Å². The predicted octanol–water partition coefficient (Wildman–Crippen LogP) is -1.04. The van der Waals surface area contributed by atoms with Gasteiger partial charge in [-0.25, -0.2) is 4.79 Å². The molecule has 0 aliphatic heterocycles. The quantitative estimate of drug-likeness (QED) is 0.242. The van der Waals surface area contributed by atoms with E-state index < -0.39 is 47.9 Å². The van der Waals surface area contributed by atoms with Crippen molar-refractivity contribution in [3.05, 3.63) is 0 Å². The molecule has 0 rings (SSSR count). The monoisotopic (exact) mass is 402 g/mol. The summed E-state index contributed by atoms with van der Waals surface area (Å²) in [6, 6.07) is -3.40. The van der Waals surface area contributed by atoms with Gasteiger partial charge in [-0.15, -0.1) is 0 Å². The summed E-state index contributed by atoms with van der Waals surface area (Å²) >= 11 is 0. The number of carboxylic acids is 1. The minimum Gasteiger partial charge on any atom is -0.480 e. The molecule has 0 aromatic rings. The van der Waals surface area contributed by atoms with Crippen molar-refractivity contribution < 1.29 is 29.4 Å². The molecular formula is C18H34N4O6. The SMILES string of the molecule is CCC(C)C(NC(=O)C(CC(C)C)NC(=O)CN)C(=O)NC(C(=O)O)C(C)O. The number of aliphatic hydroxyl groups excluding tert-OH is 1. The Bertz CT molecular complexity index is 552. The Morgan fingerprint density at radius 3 is 1.86 bits per heavy atom. The number of carbonyl (C=O) groups excluding carboxylic acids is 3. The van der Waals surface area contributed by atoms with Crippen molar-refractivity contribution in [1.82, 2.24) is 16.0 Å². The number of hydrogen-bond donors (Lipinski definition) is 6. The van der Waals surface area contributed by atoms with E-state index in [0.717, 1.165) is 0 Å². The van der Waals surface area contributed by atoms with Crippen LogP contribution in [0.2, 0.25) is 0 Å². The zero-order valence-electron chi connectivity index (χ0n) is 17.2. The highest BCUT2D eigenvalue weighted by molar-refractivity contribution is 5.93. The molecule has 0 aliphatic rings. The first-order valence-corrected chi connectivity index (χ1v) is 9.45. The van der Waals surface area contributed by atoms with Crippen molar-refractivity contribution in [1.29, 1.82) is 0 Å². The summed E-state index contributed by atoms with van der Waals surface area (Å²) in [7, 11) is 0. The Labute approximate surface area is 165 Å². The second-order valence-electron chi connectivity index (χ2n) is 7.39. The van der Waals surface area contributed by atoms with Gasteiger partial charge in [-0.1, -0.05) is 34.1 Å². The van der Waals surface area contributed by atoms with Crippen molar-refractivity contribution in [3.63, 3.8) is 0 Å². The number of aliphatic hydroxyl groups is 1. The third-order valence-electron chi connectivity index (χ3n) is 4.38. The standard InChI is InChI=1S/C18H34N4O6/c1-6-10(4)14(17(26)22-15(11(5)23)18(27)28)21-16(25)12(7-9(2)3)20-13(24)8-19/h9-12,14-15,23H,6-8,19H2,1-5H3,(H,20,24)(H,21,25)(H,22,26)(H,27,28). The van der Waals surface area contributed by atoms with Crippen LogP contribution < -0.4 is 21.7 Å². The van der Waals surface area contributed by atoms with E-state index in [1.165, 1.54) is 6.92 Å². The van der Waals surface area contributed by atoms with Crippen LogP contribution in [0.4, 0.5) is 0 Å². The lowest BCUT2D eigenvalue weighted by Crippen LogP contribution is -2.59. The second-order valence-corrected chi connectivity index (χ2v) is 7.39. The van der Waals surface area contributed by atoms with E-state index in [1.807, 2.05) is 20.8 Å². The van der Waals surface area contributed by atoms with Crippen LogP contribution in [0.25, 0.3) is 0 Å². The van der Waals surface area contributed by atoms with Gasteiger partial charge in [-0.05, 0) is 25.2 Å². The molecule has 0 aromatic heterocycles. The number of rotatable bonds is 12. The summed E-state index contributed by atoms with van der Waals surface area (Å²) < 4.78 is 0. The summed E-state index contributed by atoms with van der Waals surface area (Å²) in [5, 5.41) is 26.1. The maximum atomic E-state index is 12.7. The number of nitrogens with one attached hydrogen (secondary N) is 3. The molecule has 0 saturated carbocycles. The zero-order chi connectivity index (χ0) is 22.0. The minimum absolute atomic E-state index is 0.0938. The smallest absolute Gasteiger partial charge is 0.328 e. The predicted molar refractivity (Wildman–Crippen MR) is 103 cm³/mol. The Balaban J connectivity index is 5.42. The Kier molecular flexibility index (Phi) is 11.3. The molecule has 10 nitrogen and oxygen atoms in total. The van der Waals surface area contributed by atoms with Crippen LogP contribution in [0.5, 0.6) is 0 Å². The second kappa shape index (κ2) is 12.3. The number of aliphatic carboxylic acids is 1. The van der Waals surface area contributed by atoms with Crippen LogP contribution in [-0.2, 0) is 19.2 Å². The van der Waals surface area contributed by atoms with E-state index in [-0.39, 0.29) is 18.4 Å². The topological polar surface area (TPSA) is 171 Å². The first-order valence-electron chi connectivity index (χ1n) is 9.45. The molecule has 5 atom stereocenters. The molecule has 0 spiro atoms. The fourth-order valence-electron chi connectivity index (χ4n) is 2.54. The van der Waals surface area contributed by atoms with Crippen LogP contribution in [0.3, 0.4) is 0 Å². The Hall–Kier alpha value is -2.20. The molecule has 5 unspecified atom stereocenters. The van der Waals surface area contributed by atoms with E-state index >= 15 is 0 Å². The Morgan fingerprint density at radius 2 is 1.46 bits per heavy atom. The highest BCUT2D eigenvalue weighted by Gasteiger charge is 2.33. The fraction of sp³-hybridized carbons (Fsp3) is 0.778. The van der Waals surface area contributed by atoms with Crippen LogP contribution in [0, 0.1) is 11.8 Å². The van der Waals surface area contributed by atoms with Gasteiger partial charge in [0.05, 0.1) is 12.6 Å². The zero-order valence-corrected chi connectivity index (χ0v) is 17.2. The normalized spacial score (nSPS) is 16.4. The molecule has 0 bridgehead atoms. The summed E-state index contributed by atoms with van der Waals surface area (Å²) in [6.45, 7) is 8.30. The lowest BCUT2D eigenvalue weighted by Gasteiger charge is -2.28. The molecule has 3 amide bonds. The van der Waals surface area contributed by atoms with Gasteiger partial charge in [0.1, 0.15) is 12.1 Å². The number of hydrogen-bond acceptors (Lipinski definition) is 6. The molecule has 0 radical (unpaired) electrons. The van der Waals surface area contributed by atoms with Crippen molar-refractivity contribution in [3.8, 4) is 0 Å². The van der Waals surface area contributed by atoms with E-state index in [4.69, 9.17) is 10.8 Å². The molecule has 162 valence electrons. The van der Waals surface area contributed by atoms with Gasteiger partial charge in [0.25, 0.3) is 0 Å². The molecular weight excluding hydrogens is 368 g/mol. The van der Waals surface area contributed by atoms with Crippen molar-refractivity contribution in [2.45, 2.75) is 71.7 Å². The van der Waals surface area contributed by atoms with E-state index in [9.17, 15) is 24.3 Å². The summed E-state index contributed by atoms with van der Waals surface area (Å²) in [5.41, 5.74) is 5.29. The van der Waals surface area contributed by atoms with Gasteiger partial charge in [-0.2, -0.15) is 0 Å². The number of carbonyl (C=O) groups is 4. The largest absolute Gasteiger partial charge is 0.480 e. The molecule has 10 heteroatoms. The van der Waals surface area contributed by atoms with Crippen molar-refractivity contribution >= 4 is 23.7 Å². The van der Waals surface area contributed by atoms with Crippen LogP contribution >= 0.6 is 0 Å². The van der Waals surface area contributed by atoms with Crippen LogP contribution in [-0.4, -0.2) is 64.7 Å². The third kappa shape index (κ3) is 8.66. The number of amides is 3. The van der Waals surface area contributed by atoms with Gasteiger partial charge in [0.15, 0.2) is 6.04 Å². The molecule has 0 heterocycles. The summed E-state index contributed by atoms with van der Waals surface area (Å²) in [5.74, 6) is -3.37. The van der Waals surface area contributed by atoms with Crippen molar-refractivity contribution in [2.24, 2.45) is 17.6 Å². The fourth-order valence-corrected chi connectivity index (χ4v) is 2.54. The molecule has 0 aromatic carbocycles. The number of carboxylic acid groups (broad SMARTS) is 1. The highest BCUT2D eigenvalue weighted by atomic mass is 16.4. The first kappa shape index (κ1) is 25.8. The van der Waals surface area contributed by atoms with Crippen LogP contribution in [0.1, 0.15) is 47.5 Å². The van der Waals surface area contributed by atoms with E-state index in [1.54, 1.807) is 6.92 Å². The van der Waals surface area contributed by atoms with E-state index in [2.05, 4.69) is 16.0 Å².